The van der Waals surface area contributed by atoms with Crippen LogP contribution >= 0.6 is 0 Å². The van der Waals surface area contributed by atoms with Gasteiger partial charge in [-0.2, -0.15) is 0 Å². The molecule has 1 aliphatic heterocycles. The third kappa shape index (κ3) is 2.90. The minimum Gasteiger partial charge on any atom is -0.356 e. The minimum absolute atomic E-state index is 0.290. The van der Waals surface area contributed by atoms with Crippen LogP contribution in [0.2, 0.25) is 0 Å². The Morgan fingerprint density at radius 1 is 1.03 bits per heavy atom. The molecular formula is C28H28N4. The van der Waals surface area contributed by atoms with Crippen LogP contribution in [0.4, 0.5) is 0 Å². The van der Waals surface area contributed by atoms with Gasteiger partial charge in [0.15, 0.2) is 0 Å². The maximum absolute atomic E-state index is 4.53. The number of fused-ring (bicyclic) bond motifs is 4. The molecule has 0 spiro atoms. The summed E-state index contributed by atoms with van der Waals surface area (Å²) in [5.41, 5.74) is 11.6. The van der Waals surface area contributed by atoms with Gasteiger partial charge in [-0.25, -0.2) is 0 Å². The summed E-state index contributed by atoms with van der Waals surface area (Å²) in [4.78, 5) is 10.7. The van der Waals surface area contributed by atoms with Crippen LogP contribution in [0.1, 0.15) is 34.0 Å². The average Bonchev–Trinajstić information content (AvgIpc) is 3.33. The minimum atomic E-state index is 0.290. The lowest BCUT2D eigenvalue weighted by Crippen LogP contribution is -2.31. The highest BCUT2D eigenvalue weighted by molar-refractivity contribution is 5.88. The van der Waals surface area contributed by atoms with Crippen molar-refractivity contribution in [2.24, 2.45) is 7.05 Å². The Balaban J connectivity index is 1.57. The van der Waals surface area contributed by atoms with E-state index >= 15 is 0 Å². The molecule has 0 saturated heterocycles. The first-order valence-corrected chi connectivity index (χ1v) is 11.3. The van der Waals surface area contributed by atoms with Gasteiger partial charge >= 0.3 is 0 Å². The zero-order chi connectivity index (χ0) is 22.0. The highest BCUT2D eigenvalue weighted by Gasteiger charge is 2.30. The molecule has 4 nitrogen and oxygen atoms in total. The molecular weight excluding hydrogens is 392 g/mol. The monoisotopic (exact) mass is 420 g/mol. The van der Waals surface area contributed by atoms with Gasteiger partial charge in [-0.15, -0.1) is 0 Å². The third-order valence-corrected chi connectivity index (χ3v) is 7.09. The number of hydrogen-bond donors (Lipinski definition) is 1. The van der Waals surface area contributed by atoms with Crippen molar-refractivity contribution in [3.8, 4) is 11.1 Å². The molecule has 4 heteroatoms. The van der Waals surface area contributed by atoms with Crippen LogP contribution in [0.3, 0.4) is 0 Å². The average molecular weight is 421 g/mol. The predicted molar refractivity (Wildman–Crippen MR) is 132 cm³/mol. The van der Waals surface area contributed by atoms with Gasteiger partial charge in [-0.1, -0.05) is 24.3 Å². The molecule has 0 fully saturated rings. The van der Waals surface area contributed by atoms with Crippen molar-refractivity contribution >= 4 is 21.8 Å². The zero-order valence-corrected chi connectivity index (χ0v) is 19.1. The fourth-order valence-electron chi connectivity index (χ4n) is 5.55. The number of pyridine rings is 1. The van der Waals surface area contributed by atoms with E-state index < -0.39 is 0 Å². The number of rotatable bonds is 2. The Kier molecular flexibility index (Phi) is 4.27. The maximum Gasteiger partial charge on any atom is 0.0646 e. The van der Waals surface area contributed by atoms with Crippen molar-refractivity contribution in [3.05, 3.63) is 89.0 Å². The van der Waals surface area contributed by atoms with Gasteiger partial charge in [0.1, 0.15) is 0 Å². The fraction of sp³-hybridized carbons (Fsp3) is 0.250. The van der Waals surface area contributed by atoms with Crippen molar-refractivity contribution in [1.29, 1.82) is 0 Å². The van der Waals surface area contributed by atoms with E-state index in [1.54, 1.807) is 0 Å². The topological polar surface area (TPSA) is 36.9 Å². The molecule has 3 aromatic heterocycles. The molecule has 0 saturated carbocycles. The third-order valence-electron chi connectivity index (χ3n) is 7.09. The standard InChI is InChI=1S/C28H28N4/c1-17-6-5-7-21(27(17)20-8-9-26-19(13-20)10-11-32(26)4)23-15-31(3)16-24-22-12-18(2)29-14-25(22)30-28(23)24/h5-14,23,30H,15-16H2,1-4H3. The molecule has 0 bridgehead atoms. The van der Waals surface area contributed by atoms with Crippen molar-refractivity contribution in [2.45, 2.75) is 26.3 Å². The van der Waals surface area contributed by atoms with Crippen LogP contribution in [0, 0.1) is 13.8 Å². The van der Waals surface area contributed by atoms with Crippen LogP contribution < -0.4 is 0 Å². The predicted octanol–water partition coefficient (Wildman–Crippen LogP) is 5.92. The van der Waals surface area contributed by atoms with Gasteiger partial charge < -0.3 is 14.5 Å². The normalized spacial score (nSPS) is 16.7. The van der Waals surface area contributed by atoms with Gasteiger partial charge in [-0.05, 0) is 73.0 Å². The van der Waals surface area contributed by atoms with Crippen molar-refractivity contribution in [1.82, 2.24) is 19.4 Å². The zero-order valence-electron chi connectivity index (χ0n) is 19.1. The van der Waals surface area contributed by atoms with E-state index in [2.05, 4.69) is 102 Å². The second-order valence-electron chi connectivity index (χ2n) is 9.38. The Labute approximate surface area is 188 Å². The molecule has 0 radical (unpaired) electrons. The first kappa shape index (κ1) is 19.3. The molecule has 4 heterocycles. The van der Waals surface area contributed by atoms with Crippen molar-refractivity contribution < 1.29 is 0 Å². The number of benzene rings is 2. The van der Waals surface area contributed by atoms with Gasteiger partial charge in [0, 0.05) is 59.9 Å². The number of H-pyrrole nitrogens is 1. The lowest BCUT2D eigenvalue weighted by molar-refractivity contribution is 0.295. The molecule has 6 rings (SSSR count). The SMILES string of the molecule is Cc1cc2c3c([nH]c2cn1)C(c1cccc(C)c1-c1ccc2c(ccn2C)c1)CN(C)C3. The van der Waals surface area contributed by atoms with Crippen LogP contribution in [-0.2, 0) is 13.6 Å². The Hall–Kier alpha value is -3.37. The number of likely N-dealkylation sites (N-methyl/N-ethyl adjacent to an activating group) is 1. The number of nitrogens with one attached hydrogen (secondary N) is 1. The number of nitrogens with zero attached hydrogens (tertiary/aromatic N) is 3. The molecule has 2 aromatic carbocycles. The molecule has 1 atom stereocenters. The lowest BCUT2D eigenvalue weighted by Gasteiger charge is -2.32. The molecule has 160 valence electrons. The van der Waals surface area contributed by atoms with Gasteiger partial charge in [-0.3, -0.25) is 4.98 Å². The number of aromatic amines is 1. The smallest absolute Gasteiger partial charge is 0.0646 e. The van der Waals surface area contributed by atoms with E-state index in [0.717, 1.165) is 24.3 Å². The van der Waals surface area contributed by atoms with E-state index in [-0.39, 0.29) is 5.92 Å². The fourth-order valence-corrected chi connectivity index (χ4v) is 5.55. The summed E-state index contributed by atoms with van der Waals surface area (Å²) in [5.74, 6) is 0.290. The van der Waals surface area contributed by atoms with Gasteiger partial charge in [0.25, 0.3) is 0 Å². The number of aryl methyl sites for hydroxylation is 3. The quantitative estimate of drug-likeness (QED) is 0.385. The van der Waals surface area contributed by atoms with E-state index in [0.29, 0.717) is 0 Å². The van der Waals surface area contributed by atoms with E-state index in [1.165, 1.54) is 49.8 Å². The van der Waals surface area contributed by atoms with E-state index in [1.807, 2.05) is 6.20 Å². The van der Waals surface area contributed by atoms with Crippen LogP contribution in [0.25, 0.3) is 32.9 Å². The highest BCUT2D eigenvalue weighted by atomic mass is 15.1. The molecule has 32 heavy (non-hydrogen) atoms. The summed E-state index contributed by atoms with van der Waals surface area (Å²) in [6, 6.07) is 18.1. The summed E-state index contributed by atoms with van der Waals surface area (Å²) >= 11 is 0. The van der Waals surface area contributed by atoms with Crippen LogP contribution in [0.5, 0.6) is 0 Å². The molecule has 1 aliphatic rings. The van der Waals surface area contributed by atoms with E-state index in [4.69, 9.17) is 0 Å². The van der Waals surface area contributed by atoms with Crippen molar-refractivity contribution in [3.63, 3.8) is 0 Å². The molecule has 0 aliphatic carbocycles. The molecule has 1 unspecified atom stereocenters. The van der Waals surface area contributed by atoms with Crippen LogP contribution in [0.15, 0.2) is 60.9 Å². The van der Waals surface area contributed by atoms with Crippen molar-refractivity contribution in [2.75, 3.05) is 13.6 Å². The largest absolute Gasteiger partial charge is 0.356 e. The molecule has 1 N–H and O–H groups in total. The van der Waals surface area contributed by atoms with E-state index in [9.17, 15) is 0 Å². The maximum atomic E-state index is 4.53. The van der Waals surface area contributed by atoms with Gasteiger partial charge in [0.2, 0.25) is 0 Å². The first-order valence-electron chi connectivity index (χ1n) is 11.3. The number of aromatic nitrogens is 3. The highest BCUT2D eigenvalue weighted by Crippen LogP contribution is 2.41. The summed E-state index contributed by atoms with van der Waals surface area (Å²) in [6.45, 7) is 6.27. The Bertz CT molecular complexity index is 1490. The molecule has 0 amide bonds. The second kappa shape index (κ2) is 7.07. The summed E-state index contributed by atoms with van der Waals surface area (Å²) < 4.78 is 2.18. The number of hydrogen-bond acceptors (Lipinski definition) is 2. The summed E-state index contributed by atoms with van der Waals surface area (Å²) in [5, 5.41) is 2.59. The Morgan fingerprint density at radius 2 is 1.91 bits per heavy atom. The molecule has 5 aromatic rings. The van der Waals surface area contributed by atoms with Crippen LogP contribution in [-0.4, -0.2) is 33.0 Å². The summed E-state index contributed by atoms with van der Waals surface area (Å²) in [6.07, 6.45) is 4.12. The Morgan fingerprint density at radius 3 is 2.78 bits per heavy atom. The second-order valence-corrected chi connectivity index (χ2v) is 9.38. The van der Waals surface area contributed by atoms with Gasteiger partial charge in [0.05, 0.1) is 11.7 Å². The first-order chi connectivity index (χ1) is 15.5. The lowest BCUT2D eigenvalue weighted by atomic mass is 9.82. The summed E-state index contributed by atoms with van der Waals surface area (Å²) in [7, 11) is 4.33.